The fraction of sp³-hybridized carbons (Fsp3) is 0.538. The van der Waals surface area contributed by atoms with Gasteiger partial charge in [-0.15, -0.1) is 0 Å². The summed E-state index contributed by atoms with van der Waals surface area (Å²) < 4.78 is 38.0. The topological polar surface area (TPSA) is 64.6 Å². The molecule has 106 valence electrons. The summed E-state index contributed by atoms with van der Waals surface area (Å²) in [7, 11) is -3.51. The SMILES string of the molecule is CCC1(C)Oc2ccc(S(=O)(=O)NC(C)C)cc2O1. The molecule has 0 radical (unpaired) electrons. The molecule has 0 aliphatic carbocycles. The van der Waals surface area contributed by atoms with Crippen molar-refractivity contribution < 1.29 is 17.9 Å². The zero-order chi connectivity index (χ0) is 14.3. The van der Waals surface area contributed by atoms with E-state index >= 15 is 0 Å². The zero-order valence-electron chi connectivity index (χ0n) is 11.6. The van der Waals surface area contributed by atoms with Crippen LogP contribution in [0.4, 0.5) is 0 Å². The van der Waals surface area contributed by atoms with Crippen LogP contribution in [0.3, 0.4) is 0 Å². The molecule has 1 atom stereocenters. The van der Waals surface area contributed by atoms with Crippen molar-refractivity contribution in [3.63, 3.8) is 0 Å². The van der Waals surface area contributed by atoms with Gasteiger partial charge in [-0.05, 0) is 26.0 Å². The molecule has 1 heterocycles. The lowest BCUT2D eigenvalue weighted by atomic mass is 10.2. The molecule has 0 aromatic heterocycles. The Bertz CT molecular complexity index is 582. The molecule has 19 heavy (non-hydrogen) atoms. The molecular weight excluding hydrogens is 266 g/mol. The van der Waals surface area contributed by atoms with E-state index in [0.29, 0.717) is 17.9 Å². The van der Waals surface area contributed by atoms with Gasteiger partial charge in [0.25, 0.3) is 0 Å². The van der Waals surface area contributed by atoms with Gasteiger partial charge in [0.05, 0.1) is 4.90 Å². The van der Waals surface area contributed by atoms with E-state index in [1.807, 2.05) is 13.8 Å². The summed E-state index contributed by atoms with van der Waals surface area (Å²) in [4.78, 5) is 0.184. The van der Waals surface area contributed by atoms with Crippen LogP contribution in [-0.2, 0) is 10.0 Å². The highest BCUT2D eigenvalue weighted by molar-refractivity contribution is 7.89. The van der Waals surface area contributed by atoms with Crippen molar-refractivity contribution in [2.45, 2.75) is 50.8 Å². The standard InChI is InChI=1S/C13H19NO4S/c1-5-13(4)17-11-7-6-10(8-12(11)18-13)19(15,16)14-9(2)3/h6-9,14H,5H2,1-4H3. The summed E-state index contributed by atoms with van der Waals surface area (Å²) in [5.41, 5.74) is 0. The molecule has 2 rings (SSSR count). The van der Waals surface area contributed by atoms with E-state index in [4.69, 9.17) is 9.47 Å². The summed E-state index contributed by atoms with van der Waals surface area (Å²) in [6, 6.07) is 4.50. The van der Waals surface area contributed by atoms with Gasteiger partial charge in [0.1, 0.15) is 0 Å². The normalized spacial score (nSPS) is 21.9. The molecule has 0 amide bonds. The Morgan fingerprint density at radius 3 is 2.47 bits per heavy atom. The first-order valence-corrected chi connectivity index (χ1v) is 7.78. The minimum Gasteiger partial charge on any atom is -0.449 e. The lowest BCUT2D eigenvalue weighted by Crippen LogP contribution is -2.33. The van der Waals surface area contributed by atoms with Gasteiger partial charge in [0.2, 0.25) is 15.8 Å². The van der Waals surface area contributed by atoms with Crippen LogP contribution < -0.4 is 14.2 Å². The van der Waals surface area contributed by atoms with E-state index in [1.165, 1.54) is 12.1 Å². The van der Waals surface area contributed by atoms with Gasteiger partial charge in [-0.3, -0.25) is 0 Å². The number of benzene rings is 1. The van der Waals surface area contributed by atoms with Crippen molar-refractivity contribution in [1.29, 1.82) is 0 Å². The molecule has 1 aliphatic rings. The van der Waals surface area contributed by atoms with Gasteiger partial charge in [-0.2, -0.15) is 0 Å². The van der Waals surface area contributed by atoms with Crippen molar-refractivity contribution in [3.05, 3.63) is 18.2 Å². The second-order valence-electron chi connectivity index (χ2n) is 5.08. The number of rotatable bonds is 4. The van der Waals surface area contributed by atoms with E-state index in [1.54, 1.807) is 19.9 Å². The van der Waals surface area contributed by atoms with Crippen LogP contribution in [0.1, 0.15) is 34.1 Å². The first-order chi connectivity index (χ1) is 8.76. The van der Waals surface area contributed by atoms with Crippen LogP contribution in [0.5, 0.6) is 11.5 Å². The first kappa shape index (κ1) is 14.1. The lowest BCUT2D eigenvalue weighted by molar-refractivity contribution is -0.0640. The number of ether oxygens (including phenoxy) is 2. The van der Waals surface area contributed by atoms with Gasteiger partial charge in [-0.25, -0.2) is 13.1 Å². The van der Waals surface area contributed by atoms with Crippen LogP contribution in [0.2, 0.25) is 0 Å². The van der Waals surface area contributed by atoms with E-state index in [0.717, 1.165) is 0 Å². The molecule has 1 aromatic carbocycles. The Hall–Kier alpha value is -1.27. The van der Waals surface area contributed by atoms with Crippen LogP contribution in [0.15, 0.2) is 23.1 Å². The van der Waals surface area contributed by atoms with Gasteiger partial charge in [0.15, 0.2) is 11.5 Å². The number of sulfonamides is 1. The molecule has 5 nitrogen and oxygen atoms in total. The predicted octanol–water partition coefficient (Wildman–Crippen LogP) is 2.27. The molecule has 0 saturated carbocycles. The maximum Gasteiger partial charge on any atom is 0.248 e. The number of nitrogens with one attached hydrogen (secondary N) is 1. The smallest absolute Gasteiger partial charge is 0.248 e. The summed E-state index contributed by atoms with van der Waals surface area (Å²) in [5.74, 6) is 0.333. The quantitative estimate of drug-likeness (QED) is 0.921. The highest BCUT2D eigenvalue weighted by atomic mass is 32.2. The summed E-state index contributed by atoms with van der Waals surface area (Å²) in [6.07, 6.45) is 0.675. The fourth-order valence-electron chi connectivity index (χ4n) is 1.83. The Morgan fingerprint density at radius 2 is 1.89 bits per heavy atom. The van der Waals surface area contributed by atoms with Crippen molar-refractivity contribution in [2.24, 2.45) is 0 Å². The number of hydrogen-bond acceptors (Lipinski definition) is 4. The third-order valence-corrected chi connectivity index (χ3v) is 4.57. The van der Waals surface area contributed by atoms with Crippen molar-refractivity contribution in [2.75, 3.05) is 0 Å². The second-order valence-corrected chi connectivity index (χ2v) is 6.79. The third-order valence-electron chi connectivity index (χ3n) is 2.91. The summed E-state index contributed by atoms with van der Waals surface area (Å²) >= 11 is 0. The largest absolute Gasteiger partial charge is 0.449 e. The predicted molar refractivity (Wildman–Crippen MR) is 71.9 cm³/mol. The Morgan fingerprint density at radius 1 is 1.26 bits per heavy atom. The highest BCUT2D eigenvalue weighted by Gasteiger charge is 2.35. The van der Waals surface area contributed by atoms with Crippen molar-refractivity contribution >= 4 is 10.0 Å². The average molecular weight is 285 g/mol. The molecule has 0 spiro atoms. The van der Waals surface area contributed by atoms with E-state index in [9.17, 15) is 8.42 Å². The molecule has 6 heteroatoms. The van der Waals surface area contributed by atoms with E-state index in [2.05, 4.69) is 4.72 Å². The van der Waals surface area contributed by atoms with Gasteiger partial charge < -0.3 is 9.47 Å². The first-order valence-electron chi connectivity index (χ1n) is 6.30. The maximum absolute atomic E-state index is 12.1. The van der Waals surface area contributed by atoms with E-state index < -0.39 is 15.8 Å². The molecule has 0 saturated heterocycles. The highest BCUT2D eigenvalue weighted by Crippen LogP contribution is 2.41. The minimum absolute atomic E-state index is 0.156. The maximum atomic E-state index is 12.1. The number of hydrogen-bond donors (Lipinski definition) is 1. The Kier molecular flexibility index (Phi) is 3.49. The molecule has 0 fully saturated rings. The molecule has 1 aliphatic heterocycles. The summed E-state index contributed by atoms with van der Waals surface area (Å²) in [5, 5.41) is 0. The Labute approximate surface area is 114 Å². The van der Waals surface area contributed by atoms with Gasteiger partial charge in [0, 0.05) is 25.5 Å². The fourth-order valence-corrected chi connectivity index (χ4v) is 3.09. The molecule has 1 unspecified atom stereocenters. The zero-order valence-corrected chi connectivity index (χ0v) is 12.4. The molecule has 0 bridgehead atoms. The van der Waals surface area contributed by atoms with Crippen molar-refractivity contribution in [3.8, 4) is 11.5 Å². The summed E-state index contributed by atoms with van der Waals surface area (Å²) in [6.45, 7) is 7.33. The lowest BCUT2D eigenvalue weighted by Gasteiger charge is -2.20. The van der Waals surface area contributed by atoms with Gasteiger partial charge in [-0.1, -0.05) is 6.92 Å². The molecule has 1 aromatic rings. The second kappa shape index (κ2) is 4.68. The van der Waals surface area contributed by atoms with Crippen molar-refractivity contribution in [1.82, 2.24) is 4.72 Å². The molecular formula is C13H19NO4S. The molecule has 1 N–H and O–H groups in total. The average Bonchev–Trinajstić information content (AvgIpc) is 2.63. The third kappa shape index (κ3) is 2.84. The number of fused-ring (bicyclic) bond motifs is 1. The van der Waals surface area contributed by atoms with Gasteiger partial charge >= 0.3 is 0 Å². The van der Waals surface area contributed by atoms with Crippen LogP contribution in [-0.4, -0.2) is 20.2 Å². The monoisotopic (exact) mass is 285 g/mol. The van der Waals surface area contributed by atoms with E-state index in [-0.39, 0.29) is 10.9 Å². The Balaban J connectivity index is 2.33. The minimum atomic E-state index is -3.51. The van der Waals surface area contributed by atoms with Crippen LogP contribution in [0.25, 0.3) is 0 Å². The van der Waals surface area contributed by atoms with Crippen LogP contribution >= 0.6 is 0 Å². The van der Waals surface area contributed by atoms with Crippen LogP contribution in [0, 0.1) is 0 Å².